The first-order valence-electron chi connectivity index (χ1n) is 8.22. The number of rotatable bonds is 6. The van der Waals surface area contributed by atoms with Crippen LogP contribution < -0.4 is 15.2 Å². The van der Waals surface area contributed by atoms with Crippen molar-refractivity contribution in [3.63, 3.8) is 0 Å². The van der Waals surface area contributed by atoms with Gasteiger partial charge in [-0.1, -0.05) is 12.1 Å². The average molecular weight is 376 g/mol. The second-order valence-corrected chi connectivity index (χ2v) is 7.86. The lowest BCUT2D eigenvalue weighted by Gasteiger charge is -2.14. The Kier molecular flexibility index (Phi) is 6.05. The molecule has 0 aliphatic rings. The lowest BCUT2D eigenvalue weighted by Crippen LogP contribution is -2.18. The molecule has 0 aliphatic carbocycles. The first kappa shape index (κ1) is 19.9. The van der Waals surface area contributed by atoms with Gasteiger partial charge in [0.05, 0.1) is 17.9 Å². The highest BCUT2D eigenvalue weighted by molar-refractivity contribution is 7.89. The molecule has 0 saturated carbocycles. The minimum Gasteiger partial charge on any atom is -0.493 e. The lowest BCUT2D eigenvalue weighted by molar-refractivity contribution is -0.116. The van der Waals surface area contributed by atoms with Crippen LogP contribution in [0.4, 0.5) is 5.69 Å². The molecule has 0 aromatic heterocycles. The van der Waals surface area contributed by atoms with Crippen LogP contribution >= 0.6 is 0 Å². The number of aryl methyl sites for hydroxylation is 2. The van der Waals surface area contributed by atoms with Crippen molar-refractivity contribution in [2.24, 2.45) is 5.14 Å². The predicted molar refractivity (Wildman–Crippen MR) is 102 cm³/mol. The number of anilines is 1. The number of benzene rings is 2. The van der Waals surface area contributed by atoms with Crippen molar-refractivity contribution in [1.29, 1.82) is 0 Å². The van der Waals surface area contributed by atoms with E-state index in [0.29, 0.717) is 5.69 Å². The Balaban J connectivity index is 2.04. The summed E-state index contributed by atoms with van der Waals surface area (Å²) in [4.78, 5) is 12.2. The summed E-state index contributed by atoms with van der Waals surface area (Å²) >= 11 is 0. The molecular weight excluding hydrogens is 352 g/mol. The van der Waals surface area contributed by atoms with E-state index >= 15 is 0 Å². The van der Waals surface area contributed by atoms with Crippen molar-refractivity contribution in [3.8, 4) is 5.75 Å². The van der Waals surface area contributed by atoms with Gasteiger partial charge in [-0.15, -0.1) is 0 Å². The number of amides is 1. The predicted octanol–water partition coefficient (Wildman–Crippen LogP) is 2.98. The van der Waals surface area contributed by atoms with Crippen molar-refractivity contribution in [1.82, 2.24) is 0 Å². The number of nitrogens with two attached hydrogens (primary N) is 1. The minimum atomic E-state index is -3.84. The molecule has 2 rings (SSSR count). The summed E-state index contributed by atoms with van der Waals surface area (Å²) < 4.78 is 28.8. The third-order valence-corrected chi connectivity index (χ3v) is 5.28. The van der Waals surface area contributed by atoms with Crippen molar-refractivity contribution in [2.45, 2.75) is 39.0 Å². The number of hydrogen-bond donors (Lipinski definition) is 2. The maximum Gasteiger partial charge on any atom is 0.238 e. The normalized spacial score (nSPS) is 11.3. The Hall–Kier alpha value is -2.38. The van der Waals surface area contributed by atoms with Gasteiger partial charge in [-0.3, -0.25) is 4.79 Å². The van der Waals surface area contributed by atoms with E-state index in [9.17, 15) is 13.2 Å². The molecule has 26 heavy (non-hydrogen) atoms. The third-order valence-electron chi connectivity index (χ3n) is 4.39. The van der Waals surface area contributed by atoms with Crippen LogP contribution in [0.2, 0.25) is 0 Å². The van der Waals surface area contributed by atoms with Crippen LogP contribution in [0.3, 0.4) is 0 Å². The molecule has 3 N–H and O–H groups in total. The Bertz CT molecular complexity index is 937. The monoisotopic (exact) mass is 376 g/mol. The molecule has 0 fully saturated rings. The number of primary sulfonamides is 1. The molecule has 6 nitrogen and oxygen atoms in total. The van der Waals surface area contributed by atoms with Gasteiger partial charge >= 0.3 is 0 Å². The highest BCUT2D eigenvalue weighted by atomic mass is 32.2. The van der Waals surface area contributed by atoms with Crippen LogP contribution in [-0.2, 0) is 14.8 Å². The van der Waals surface area contributed by atoms with Crippen LogP contribution in [0.15, 0.2) is 35.2 Å². The second-order valence-electron chi connectivity index (χ2n) is 6.30. The highest BCUT2D eigenvalue weighted by Crippen LogP contribution is 2.24. The molecule has 0 spiro atoms. The molecule has 7 heteroatoms. The fraction of sp³-hybridized carbons (Fsp3) is 0.316. The van der Waals surface area contributed by atoms with Crippen LogP contribution in [0.25, 0.3) is 0 Å². The van der Waals surface area contributed by atoms with Crippen LogP contribution in [0.1, 0.15) is 28.7 Å². The molecule has 140 valence electrons. The minimum absolute atomic E-state index is 0.0254. The number of carbonyl (C=O) groups excluding carboxylic acids is 1. The summed E-state index contributed by atoms with van der Waals surface area (Å²) in [5, 5.41) is 7.92. The third kappa shape index (κ3) is 4.83. The summed E-state index contributed by atoms with van der Waals surface area (Å²) in [5.74, 6) is 0.491. The van der Waals surface area contributed by atoms with Gasteiger partial charge in [0.15, 0.2) is 0 Å². The van der Waals surface area contributed by atoms with Gasteiger partial charge in [0.1, 0.15) is 5.75 Å². The molecule has 0 aliphatic heterocycles. The average Bonchev–Trinajstić information content (AvgIpc) is 2.54. The summed E-state index contributed by atoms with van der Waals surface area (Å²) in [5.41, 5.74) is 4.13. The van der Waals surface area contributed by atoms with E-state index in [0.717, 1.165) is 28.0 Å². The number of ether oxygens (including phenoxy) is 1. The van der Waals surface area contributed by atoms with Crippen molar-refractivity contribution < 1.29 is 17.9 Å². The number of hydrogen-bond acceptors (Lipinski definition) is 4. The van der Waals surface area contributed by atoms with Crippen molar-refractivity contribution >= 4 is 21.6 Å². The topological polar surface area (TPSA) is 98.5 Å². The standard InChI is InChI=1S/C19H24N2O4S/c1-12-6-5-7-18(15(12)4)25-9-8-19(22)21-17-11-16(26(20,23)24)10-13(2)14(17)3/h5-7,10-11H,8-9H2,1-4H3,(H,21,22)(H2,20,23,24). The second kappa shape index (κ2) is 7.88. The summed E-state index contributed by atoms with van der Waals surface area (Å²) in [6, 6.07) is 8.63. The first-order valence-corrected chi connectivity index (χ1v) is 9.77. The molecule has 1 amide bonds. The van der Waals surface area contributed by atoms with E-state index in [-0.39, 0.29) is 23.8 Å². The Morgan fingerprint density at radius 1 is 1.08 bits per heavy atom. The van der Waals surface area contributed by atoms with Gasteiger partial charge in [0.2, 0.25) is 15.9 Å². The van der Waals surface area contributed by atoms with Crippen LogP contribution in [-0.4, -0.2) is 20.9 Å². The van der Waals surface area contributed by atoms with Gasteiger partial charge in [0.25, 0.3) is 0 Å². The smallest absolute Gasteiger partial charge is 0.238 e. The molecule has 0 bridgehead atoms. The lowest BCUT2D eigenvalue weighted by atomic mass is 10.1. The molecule has 0 radical (unpaired) electrons. The Morgan fingerprint density at radius 2 is 1.77 bits per heavy atom. The zero-order valence-electron chi connectivity index (χ0n) is 15.4. The van der Waals surface area contributed by atoms with Gasteiger partial charge in [-0.25, -0.2) is 13.6 Å². The maximum absolute atomic E-state index is 12.2. The fourth-order valence-corrected chi connectivity index (χ4v) is 3.09. The van der Waals surface area contributed by atoms with E-state index in [4.69, 9.17) is 9.88 Å². The van der Waals surface area contributed by atoms with E-state index in [2.05, 4.69) is 5.32 Å². The summed E-state index contributed by atoms with van der Waals surface area (Å²) in [6.07, 6.45) is 0.144. The molecular formula is C19H24N2O4S. The largest absolute Gasteiger partial charge is 0.493 e. The van der Waals surface area contributed by atoms with Crippen molar-refractivity contribution in [2.75, 3.05) is 11.9 Å². The molecule has 0 saturated heterocycles. The van der Waals surface area contributed by atoms with Gasteiger partial charge in [-0.05, 0) is 68.1 Å². The molecule has 0 heterocycles. The Morgan fingerprint density at radius 3 is 2.42 bits per heavy atom. The zero-order valence-corrected chi connectivity index (χ0v) is 16.2. The fourth-order valence-electron chi connectivity index (χ4n) is 2.47. The SMILES string of the molecule is Cc1cc(S(N)(=O)=O)cc(NC(=O)CCOc2cccc(C)c2C)c1C. The molecule has 2 aromatic carbocycles. The van der Waals surface area contributed by atoms with Gasteiger partial charge in [0, 0.05) is 5.69 Å². The molecule has 2 aromatic rings. The molecule has 0 atom stereocenters. The van der Waals surface area contributed by atoms with Crippen LogP contribution in [0.5, 0.6) is 5.75 Å². The van der Waals surface area contributed by atoms with Gasteiger partial charge < -0.3 is 10.1 Å². The molecule has 0 unspecified atom stereocenters. The van der Waals surface area contributed by atoms with Gasteiger partial charge in [-0.2, -0.15) is 0 Å². The maximum atomic E-state index is 12.2. The first-order chi connectivity index (χ1) is 12.1. The Labute approximate surface area is 154 Å². The van der Waals surface area contributed by atoms with Crippen molar-refractivity contribution in [3.05, 3.63) is 52.6 Å². The highest BCUT2D eigenvalue weighted by Gasteiger charge is 2.14. The zero-order chi connectivity index (χ0) is 19.5. The van der Waals surface area contributed by atoms with E-state index in [1.54, 1.807) is 6.92 Å². The summed E-state index contributed by atoms with van der Waals surface area (Å²) in [7, 11) is -3.84. The van der Waals surface area contributed by atoms with E-state index in [1.165, 1.54) is 12.1 Å². The number of nitrogens with one attached hydrogen (secondary N) is 1. The summed E-state index contributed by atoms with van der Waals surface area (Å²) in [6.45, 7) is 7.77. The van der Waals surface area contributed by atoms with E-state index in [1.807, 2.05) is 39.0 Å². The number of carbonyl (C=O) groups is 1. The van der Waals surface area contributed by atoms with Crippen LogP contribution in [0, 0.1) is 27.7 Å². The quantitative estimate of drug-likeness (QED) is 0.810. The van der Waals surface area contributed by atoms with E-state index < -0.39 is 10.0 Å². The number of sulfonamides is 1.